The molecule has 0 amide bonds. The fourth-order valence-corrected chi connectivity index (χ4v) is 0.631. The Balaban J connectivity index is 2.68. The van der Waals surface area contributed by atoms with E-state index < -0.39 is 11.8 Å². The fourth-order valence-electron chi connectivity index (χ4n) is 0.631. The van der Waals surface area contributed by atoms with Crippen molar-refractivity contribution in [1.82, 2.24) is 0 Å². The van der Waals surface area contributed by atoms with E-state index in [1.165, 1.54) is 12.2 Å². The van der Waals surface area contributed by atoms with E-state index in [0.29, 0.717) is 6.42 Å². The third-order valence-electron chi connectivity index (χ3n) is 1.26. The van der Waals surface area contributed by atoms with Gasteiger partial charge in [-0.05, 0) is 6.08 Å². The molecule has 1 aliphatic rings. The highest BCUT2D eigenvalue weighted by molar-refractivity contribution is 5.84. The second-order valence-electron chi connectivity index (χ2n) is 1.95. The van der Waals surface area contributed by atoms with E-state index >= 15 is 0 Å². The molecule has 0 aromatic rings. The first kappa shape index (κ1) is 6.29. The molecule has 0 saturated carbocycles. The Morgan fingerprint density at radius 3 is 2.78 bits per heavy atom. The summed E-state index contributed by atoms with van der Waals surface area (Å²) in [6.45, 7) is 1.74. The van der Waals surface area contributed by atoms with Crippen molar-refractivity contribution in [3.8, 4) is 0 Å². The molecule has 3 heteroatoms. The quantitative estimate of drug-likeness (QED) is 0.513. The summed E-state index contributed by atoms with van der Waals surface area (Å²) in [6.07, 6.45) is 2.98. The lowest BCUT2D eigenvalue weighted by Crippen LogP contribution is -2.25. The highest BCUT2D eigenvalue weighted by atomic mass is 16.7. The number of aliphatic hydroxyl groups is 1. The van der Waals surface area contributed by atoms with Gasteiger partial charge in [-0.15, -0.1) is 0 Å². The van der Waals surface area contributed by atoms with E-state index in [0.717, 1.165) is 0 Å². The number of cyclic esters (lactones) is 1. The number of hydrogen-bond acceptors (Lipinski definition) is 3. The Morgan fingerprint density at radius 2 is 2.56 bits per heavy atom. The van der Waals surface area contributed by atoms with Gasteiger partial charge in [0.05, 0.1) is 0 Å². The fraction of sp³-hybridized carbons (Fsp3) is 0.500. The van der Waals surface area contributed by atoms with Gasteiger partial charge >= 0.3 is 5.97 Å². The molecule has 0 unspecified atom stereocenters. The monoisotopic (exact) mass is 128 g/mol. The summed E-state index contributed by atoms with van der Waals surface area (Å²) in [6, 6.07) is 0. The van der Waals surface area contributed by atoms with Crippen LogP contribution in [0.25, 0.3) is 0 Å². The van der Waals surface area contributed by atoms with E-state index in [1.807, 2.05) is 0 Å². The summed E-state index contributed by atoms with van der Waals surface area (Å²) in [4.78, 5) is 10.3. The number of ether oxygens (including phenoxy) is 1. The molecule has 1 heterocycles. The maximum absolute atomic E-state index is 10.3. The molecule has 50 valence electrons. The van der Waals surface area contributed by atoms with Crippen LogP contribution < -0.4 is 0 Å². The summed E-state index contributed by atoms with van der Waals surface area (Å²) in [5, 5.41) is 9.14. The number of hydrogen-bond donors (Lipinski definition) is 1. The van der Waals surface area contributed by atoms with Gasteiger partial charge in [0, 0.05) is 12.5 Å². The number of esters is 1. The van der Waals surface area contributed by atoms with E-state index in [-0.39, 0.29) is 0 Å². The molecule has 0 aromatic carbocycles. The predicted molar refractivity (Wildman–Crippen MR) is 30.5 cm³/mol. The molecule has 0 aliphatic carbocycles. The Morgan fingerprint density at radius 1 is 1.89 bits per heavy atom. The number of rotatable bonds is 1. The minimum absolute atomic E-state index is 0.398. The van der Waals surface area contributed by atoms with Crippen LogP contribution in [0.5, 0.6) is 0 Å². The maximum Gasteiger partial charge on any atom is 0.333 e. The Labute approximate surface area is 52.9 Å². The van der Waals surface area contributed by atoms with Gasteiger partial charge in [0.1, 0.15) is 0 Å². The SMILES string of the molecule is CC[C@@]1(O)C=CC(=O)O1. The summed E-state index contributed by atoms with van der Waals surface area (Å²) < 4.78 is 4.50. The molecular formula is C6H8O3. The van der Waals surface area contributed by atoms with Crippen molar-refractivity contribution >= 4 is 5.97 Å². The van der Waals surface area contributed by atoms with Crippen LogP contribution in [0.2, 0.25) is 0 Å². The van der Waals surface area contributed by atoms with Crippen LogP contribution in [0.4, 0.5) is 0 Å². The average molecular weight is 128 g/mol. The normalized spacial score (nSPS) is 32.9. The van der Waals surface area contributed by atoms with Crippen LogP contribution in [0.1, 0.15) is 13.3 Å². The van der Waals surface area contributed by atoms with Crippen molar-refractivity contribution in [3.05, 3.63) is 12.2 Å². The van der Waals surface area contributed by atoms with Crippen LogP contribution in [-0.2, 0) is 9.53 Å². The Kier molecular flexibility index (Phi) is 1.29. The molecule has 0 aromatic heterocycles. The van der Waals surface area contributed by atoms with Crippen LogP contribution in [-0.4, -0.2) is 16.9 Å². The molecule has 1 atom stereocenters. The highest BCUT2D eigenvalue weighted by Crippen LogP contribution is 2.19. The minimum Gasteiger partial charge on any atom is -0.426 e. The first-order valence-corrected chi connectivity index (χ1v) is 2.81. The van der Waals surface area contributed by atoms with Crippen molar-refractivity contribution in [2.24, 2.45) is 0 Å². The topological polar surface area (TPSA) is 46.5 Å². The average Bonchev–Trinajstić information content (AvgIpc) is 2.13. The minimum atomic E-state index is -1.32. The van der Waals surface area contributed by atoms with E-state index in [1.54, 1.807) is 6.92 Å². The second-order valence-corrected chi connectivity index (χ2v) is 1.95. The third-order valence-corrected chi connectivity index (χ3v) is 1.26. The van der Waals surface area contributed by atoms with Crippen LogP contribution in [0.15, 0.2) is 12.2 Å². The zero-order valence-corrected chi connectivity index (χ0v) is 5.13. The molecule has 0 bridgehead atoms. The summed E-state index contributed by atoms with van der Waals surface area (Å²) in [5.74, 6) is -1.80. The van der Waals surface area contributed by atoms with Gasteiger partial charge in [-0.25, -0.2) is 4.79 Å². The first-order chi connectivity index (χ1) is 4.16. The molecule has 1 rings (SSSR count). The van der Waals surface area contributed by atoms with Gasteiger partial charge in [-0.1, -0.05) is 6.92 Å². The van der Waals surface area contributed by atoms with Gasteiger partial charge in [0.25, 0.3) is 0 Å². The number of carbonyl (C=O) groups is 1. The second kappa shape index (κ2) is 1.84. The molecule has 0 fully saturated rings. The van der Waals surface area contributed by atoms with Crippen LogP contribution in [0, 0.1) is 0 Å². The van der Waals surface area contributed by atoms with Crippen molar-refractivity contribution in [3.63, 3.8) is 0 Å². The molecule has 0 spiro atoms. The zero-order valence-electron chi connectivity index (χ0n) is 5.13. The van der Waals surface area contributed by atoms with Crippen molar-refractivity contribution in [2.45, 2.75) is 19.1 Å². The molecule has 1 N–H and O–H groups in total. The van der Waals surface area contributed by atoms with Crippen molar-refractivity contribution in [1.29, 1.82) is 0 Å². The smallest absolute Gasteiger partial charge is 0.333 e. The summed E-state index contributed by atoms with van der Waals surface area (Å²) in [7, 11) is 0. The molecular weight excluding hydrogens is 120 g/mol. The highest BCUT2D eigenvalue weighted by Gasteiger charge is 2.30. The molecule has 1 aliphatic heterocycles. The van der Waals surface area contributed by atoms with Gasteiger partial charge in [0.15, 0.2) is 0 Å². The predicted octanol–water partition coefficient (Wildman–Crippen LogP) is 0.198. The van der Waals surface area contributed by atoms with Crippen molar-refractivity contribution < 1.29 is 14.6 Å². The lowest BCUT2D eigenvalue weighted by molar-refractivity contribution is -0.178. The molecule has 0 saturated heterocycles. The van der Waals surface area contributed by atoms with Gasteiger partial charge in [-0.2, -0.15) is 0 Å². The molecule has 3 nitrogen and oxygen atoms in total. The standard InChI is InChI=1S/C6H8O3/c1-2-6(8)4-3-5(7)9-6/h3-4,8H,2H2,1H3/t6-/m0/s1. The maximum atomic E-state index is 10.3. The van der Waals surface area contributed by atoms with Crippen LogP contribution in [0.3, 0.4) is 0 Å². The van der Waals surface area contributed by atoms with E-state index in [9.17, 15) is 4.79 Å². The molecule has 9 heavy (non-hydrogen) atoms. The van der Waals surface area contributed by atoms with Gasteiger partial charge in [0.2, 0.25) is 5.79 Å². The zero-order chi connectivity index (χ0) is 6.91. The Hall–Kier alpha value is -0.830. The summed E-state index contributed by atoms with van der Waals surface area (Å²) in [5.41, 5.74) is 0. The third kappa shape index (κ3) is 1.10. The number of carbonyl (C=O) groups excluding carboxylic acids is 1. The van der Waals surface area contributed by atoms with E-state index in [2.05, 4.69) is 4.74 Å². The van der Waals surface area contributed by atoms with Gasteiger partial charge in [-0.3, -0.25) is 0 Å². The largest absolute Gasteiger partial charge is 0.426 e. The van der Waals surface area contributed by atoms with Gasteiger partial charge < -0.3 is 9.84 Å². The van der Waals surface area contributed by atoms with Crippen molar-refractivity contribution in [2.75, 3.05) is 0 Å². The summed E-state index contributed by atoms with van der Waals surface area (Å²) >= 11 is 0. The molecule has 0 radical (unpaired) electrons. The Bertz CT molecular complexity index is 162. The lowest BCUT2D eigenvalue weighted by atomic mass is 10.2. The van der Waals surface area contributed by atoms with Crippen LogP contribution >= 0.6 is 0 Å². The van der Waals surface area contributed by atoms with E-state index in [4.69, 9.17) is 5.11 Å². The lowest BCUT2D eigenvalue weighted by Gasteiger charge is -2.16. The first-order valence-electron chi connectivity index (χ1n) is 2.81.